The van der Waals surface area contributed by atoms with Crippen LogP contribution in [-0.2, 0) is 14.3 Å². The van der Waals surface area contributed by atoms with Crippen LogP contribution >= 0.6 is 0 Å². The molecule has 29 heavy (non-hydrogen) atoms. The van der Waals surface area contributed by atoms with Gasteiger partial charge in [-0.3, -0.25) is 9.59 Å². The summed E-state index contributed by atoms with van der Waals surface area (Å²) in [6.45, 7) is 1.37. The standard InChI is InChI=1S/C20H27N3O6/c1-27-16-5-4-15(11-17(16)28-2)23-12-14(10-18(23)24)21-20(26)22-8-6-13(7-9-22)19(25)29-3/h4-5,11,13-14H,6-10,12H2,1-3H3,(H,21,26). The van der Waals surface area contributed by atoms with E-state index in [0.717, 1.165) is 0 Å². The number of likely N-dealkylation sites (tertiary alicyclic amines) is 1. The van der Waals surface area contributed by atoms with Crippen molar-refractivity contribution in [1.82, 2.24) is 10.2 Å². The Bertz CT molecular complexity index is 775. The lowest BCUT2D eigenvalue weighted by Crippen LogP contribution is -2.49. The van der Waals surface area contributed by atoms with E-state index in [0.29, 0.717) is 49.7 Å². The molecule has 2 fully saturated rings. The lowest BCUT2D eigenvalue weighted by Gasteiger charge is -2.31. The van der Waals surface area contributed by atoms with Gasteiger partial charge in [-0.15, -0.1) is 0 Å². The molecular formula is C20H27N3O6. The van der Waals surface area contributed by atoms with Crippen LogP contribution in [0.25, 0.3) is 0 Å². The highest BCUT2D eigenvalue weighted by molar-refractivity contribution is 5.97. The Kier molecular flexibility index (Phi) is 6.46. The molecule has 2 saturated heterocycles. The lowest BCUT2D eigenvalue weighted by molar-refractivity contribution is -0.146. The van der Waals surface area contributed by atoms with Crippen molar-refractivity contribution in [3.63, 3.8) is 0 Å². The van der Waals surface area contributed by atoms with E-state index in [1.54, 1.807) is 42.2 Å². The zero-order valence-electron chi connectivity index (χ0n) is 17.0. The number of urea groups is 1. The van der Waals surface area contributed by atoms with Crippen molar-refractivity contribution in [3.05, 3.63) is 18.2 Å². The zero-order chi connectivity index (χ0) is 21.0. The molecule has 0 bridgehead atoms. The van der Waals surface area contributed by atoms with Gasteiger partial charge in [-0.25, -0.2) is 4.79 Å². The average molecular weight is 405 g/mol. The monoisotopic (exact) mass is 405 g/mol. The molecule has 2 heterocycles. The highest BCUT2D eigenvalue weighted by Gasteiger charge is 2.34. The number of carbonyl (C=O) groups excluding carboxylic acids is 3. The molecule has 1 aromatic rings. The Morgan fingerprint density at radius 1 is 1.07 bits per heavy atom. The Hall–Kier alpha value is -2.97. The maximum atomic E-state index is 12.6. The first-order valence-electron chi connectivity index (χ1n) is 9.62. The number of hydrogen-bond donors (Lipinski definition) is 1. The lowest BCUT2D eigenvalue weighted by atomic mass is 9.97. The van der Waals surface area contributed by atoms with Crippen LogP contribution in [0.5, 0.6) is 11.5 Å². The summed E-state index contributed by atoms with van der Waals surface area (Å²) in [6.07, 6.45) is 1.40. The molecule has 1 unspecified atom stereocenters. The van der Waals surface area contributed by atoms with Gasteiger partial charge in [-0.2, -0.15) is 0 Å². The number of rotatable bonds is 5. The van der Waals surface area contributed by atoms with Gasteiger partial charge in [0.1, 0.15) is 0 Å². The van der Waals surface area contributed by atoms with E-state index in [1.165, 1.54) is 7.11 Å². The molecule has 1 aromatic carbocycles. The van der Waals surface area contributed by atoms with Gasteiger partial charge in [0.15, 0.2) is 11.5 Å². The maximum Gasteiger partial charge on any atom is 0.317 e. The summed E-state index contributed by atoms with van der Waals surface area (Å²) in [5.41, 5.74) is 0.697. The van der Waals surface area contributed by atoms with Crippen LogP contribution < -0.4 is 19.7 Å². The number of benzene rings is 1. The molecule has 3 rings (SSSR count). The molecule has 3 amide bonds. The van der Waals surface area contributed by atoms with Crippen molar-refractivity contribution in [2.75, 3.05) is 45.9 Å². The fourth-order valence-corrected chi connectivity index (χ4v) is 3.80. The summed E-state index contributed by atoms with van der Waals surface area (Å²) >= 11 is 0. The molecule has 0 radical (unpaired) electrons. The number of esters is 1. The number of anilines is 1. The van der Waals surface area contributed by atoms with E-state index in [2.05, 4.69) is 5.32 Å². The van der Waals surface area contributed by atoms with Crippen LogP contribution in [0.15, 0.2) is 18.2 Å². The normalized spacial score (nSPS) is 19.8. The Morgan fingerprint density at radius 3 is 2.38 bits per heavy atom. The molecule has 1 N–H and O–H groups in total. The number of piperidine rings is 1. The van der Waals surface area contributed by atoms with E-state index in [-0.39, 0.29) is 36.3 Å². The van der Waals surface area contributed by atoms with Gasteiger partial charge < -0.3 is 29.3 Å². The summed E-state index contributed by atoms with van der Waals surface area (Å²) in [7, 11) is 4.47. The Balaban J connectivity index is 1.57. The van der Waals surface area contributed by atoms with Crippen molar-refractivity contribution in [3.8, 4) is 11.5 Å². The van der Waals surface area contributed by atoms with Crippen molar-refractivity contribution < 1.29 is 28.6 Å². The van der Waals surface area contributed by atoms with Gasteiger partial charge in [0.25, 0.3) is 0 Å². The fraction of sp³-hybridized carbons (Fsp3) is 0.550. The van der Waals surface area contributed by atoms with E-state index in [4.69, 9.17) is 14.2 Å². The minimum absolute atomic E-state index is 0.0630. The van der Waals surface area contributed by atoms with Gasteiger partial charge in [0.2, 0.25) is 5.91 Å². The molecule has 9 heteroatoms. The number of hydrogen-bond acceptors (Lipinski definition) is 6. The number of methoxy groups -OCH3 is 3. The SMILES string of the molecule is COC(=O)C1CCN(C(=O)NC2CC(=O)N(c3ccc(OC)c(OC)c3)C2)CC1. The third kappa shape index (κ3) is 4.55. The van der Waals surface area contributed by atoms with Gasteiger partial charge in [0.05, 0.1) is 33.3 Å². The van der Waals surface area contributed by atoms with Crippen LogP contribution in [0.4, 0.5) is 10.5 Å². The largest absolute Gasteiger partial charge is 0.493 e. The fourth-order valence-electron chi connectivity index (χ4n) is 3.80. The summed E-state index contributed by atoms with van der Waals surface area (Å²) in [5, 5.41) is 2.94. The number of ether oxygens (including phenoxy) is 3. The highest BCUT2D eigenvalue weighted by atomic mass is 16.5. The summed E-state index contributed by atoms with van der Waals surface area (Å²) < 4.78 is 15.3. The minimum Gasteiger partial charge on any atom is -0.493 e. The smallest absolute Gasteiger partial charge is 0.317 e. The van der Waals surface area contributed by atoms with Crippen LogP contribution in [0, 0.1) is 5.92 Å². The van der Waals surface area contributed by atoms with Crippen molar-refractivity contribution in [1.29, 1.82) is 0 Å². The van der Waals surface area contributed by atoms with Crippen molar-refractivity contribution in [2.24, 2.45) is 5.92 Å². The first-order valence-corrected chi connectivity index (χ1v) is 9.62. The molecule has 0 aromatic heterocycles. The van der Waals surface area contributed by atoms with Crippen molar-refractivity contribution in [2.45, 2.75) is 25.3 Å². The first kappa shape index (κ1) is 20.8. The molecular weight excluding hydrogens is 378 g/mol. The third-order valence-electron chi connectivity index (χ3n) is 5.45. The molecule has 9 nitrogen and oxygen atoms in total. The number of nitrogens with zero attached hydrogens (tertiary/aromatic N) is 2. The quantitative estimate of drug-likeness (QED) is 0.744. The van der Waals surface area contributed by atoms with Crippen LogP contribution in [-0.4, -0.2) is 69.8 Å². The molecule has 0 aliphatic carbocycles. The second kappa shape index (κ2) is 9.02. The first-order chi connectivity index (χ1) is 14.0. The van der Waals surface area contributed by atoms with Gasteiger partial charge in [-0.05, 0) is 25.0 Å². The Labute approximate surface area is 169 Å². The van der Waals surface area contributed by atoms with Gasteiger partial charge in [-0.1, -0.05) is 0 Å². The minimum atomic E-state index is -0.276. The van der Waals surface area contributed by atoms with Crippen LogP contribution in [0.3, 0.4) is 0 Å². The molecule has 0 saturated carbocycles. The Morgan fingerprint density at radius 2 is 1.76 bits per heavy atom. The topological polar surface area (TPSA) is 97.4 Å². The predicted octanol–water partition coefficient (Wildman–Crippen LogP) is 1.40. The molecule has 2 aliphatic rings. The summed E-state index contributed by atoms with van der Waals surface area (Å²) in [4.78, 5) is 40.0. The van der Waals surface area contributed by atoms with E-state index < -0.39 is 0 Å². The molecule has 2 aliphatic heterocycles. The van der Waals surface area contributed by atoms with E-state index in [9.17, 15) is 14.4 Å². The molecule has 158 valence electrons. The maximum absolute atomic E-state index is 12.6. The van der Waals surface area contributed by atoms with Gasteiger partial charge in [0, 0.05) is 37.8 Å². The number of amides is 3. The second-order valence-electron chi connectivity index (χ2n) is 7.18. The second-order valence-corrected chi connectivity index (χ2v) is 7.18. The average Bonchev–Trinajstić information content (AvgIpc) is 3.12. The zero-order valence-corrected chi connectivity index (χ0v) is 17.0. The van der Waals surface area contributed by atoms with Crippen LogP contribution in [0.2, 0.25) is 0 Å². The van der Waals surface area contributed by atoms with Crippen molar-refractivity contribution >= 4 is 23.6 Å². The molecule has 1 atom stereocenters. The predicted molar refractivity (Wildman–Crippen MR) is 105 cm³/mol. The van der Waals surface area contributed by atoms with E-state index >= 15 is 0 Å². The third-order valence-corrected chi connectivity index (χ3v) is 5.45. The number of nitrogens with one attached hydrogen (secondary N) is 1. The molecule has 0 spiro atoms. The van der Waals surface area contributed by atoms with E-state index in [1.807, 2.05) is 0 Å². The summed E-state index contributed by atoms with van der Waals surface area (Å²) in [5.74, 6) is 0.684. The van der Waals surface area contributed by atoms with Crippen LogP contribution in [0.1, 0.15) is 19.3 Å². The highest BCUT2D eigenvalue weighted by Crippen LogP contribution is 2.33. The summed E-state index contributed by atoms with van der Waals surface area (Å²) in [6, 6.07) is 4.81. The number of carbonyl (C=O) groups is 3. The van der Waals surface area contributed by atoms with Gasteiger partial charge >= 0.3 is 12.0 Å².